The van der Waals surface area contributed by atoms with Gasteiger partial charge in [0.15, 0.2) is 0 Å². The molecule has 0 radical (unpaired) electrons. The Morgan fingerprint density at radius 3 is 2.94 bits per heavy atom. The van der Waals surface area contributed by atoms with Gasteiger partial charge in [-0.05, 0) is 26.2 Å². The van der Waals surface area contributed by atoms with Gasteiger partial charge in [0, 0.05) is 12.5 Å². The van der Waals surface area contributed by atoms with Crippen molar-refractivity contribution in [3.63, 3.8) is 0 Å². The lowest BCUT2D eigenvalue weighted by atomic mass is 10.1. The van der Waals surface area contributed by atoms with Gasteiger partial charge in [0.2, 0.25) is 0 Å². The summed E-state index contributed by atoms with van der Waals surface area (Å²) in [5.74, 6) is 0.527. The molecule has 0 amide bonds. The molecule has 0 aromatic carbocycles. The number of nitriles is 1. The molecule has 1 unspecified atom stereocenters. The van der Waals surface area contributed by atoms with Gasteiger partial charge in [0.05, 0.1) is 24.2 Å². The Morgan fingerprint density at radius 1 is 1.62 bits per heavy atom. The van der Waals surface area contributed by atoms with Gasteiger partial charge in [-0.25, -0.2) is 4.68 Å². The molecule has 1 heterocycles. The number of nitrogens with zero attached hydrogens (tertiary/aromatic N) is 4. The summed E-state index contributed by atoms with van der Waals surface area (Å²) in [6.45, 7) is 2.17. The Bertz CT molecular complexity index is 403. The van der Waals surface area contributed by atoms with E-state index in [-0.39, 0.29) is 12.6 Å². The van der Waals surface area contributed by atoms with Crippen LogP contribution in [0.15, 0.2) is 0 Å². The van der Waals surface area contributed by atoms with E-state index in [1.807, 2.05) is 11.6 Å². The minimum absolute atomic E-state index is 0.152. The fourth-order valence-corrected chi connectivity index (χ4v) is 1.95. The lowest BCUT2D eigenvalue weighted by molar-refractivity contribution is 0.254. The van der Waals surface area contributed by atoms with Crippen molar-refractivity contribution >= 4 is 0 Å². The number of rotatable bonds is 5. The van der Waals surface area contributed by atoms with Crippen LogP contribution in [-0.4, -0.2) is 26.7 Å². The summed E-state index contributed by atoms with van der Waals surface area (Å²) < 4.78 is 1.89. The van der Waals surface area contributed by atoms with Gasteiger partial charge in [-0.3, -0.25) is 0 Å². The van der Waals surface area contributed by atoms with Gasteiger partial charge in [-0.15, -0.1) is 5.10 Å². The van der Waals surface area contributed by atoms with Crippen LogP contribution in [-0.2, 0) is 6.42 Å². The third kappa shape index (κ3) is 2.07. The van der Waals surface area contributed by atoms with E-state index < -0.39 is 0 Å². The fraction of sp³-hybridized carbons (Fsp3) is 0.727. The molecular formula is C11H16N4O. The van der Waals surface area contributed by atoms with E-state index in [1.165, 1.54) is 0 Å². The SMILES string of the molecule is CC(CCO)n1nnc(CC#N)c1C1CC1. The molecule has 2 rings (SSSR count). The Kier molecular flexibility index (Phi) is 3.20. The molecule has 1 atom stereocenters. The predicted molar refractivity (Wildman–Crippen MR) is 57.7 cm³/mol. The van der Waals surface area contributed by atoms with Gasteiger partial charge >= 0.3 is 0 Å². The minimum atomic E-state index is 0.152. The normalized spacial score (nSPS) is 17.1. The van der Waals surface area contributed by atoms with E-state index in [2.05, 4.69) is 16.4 Å². The maximum Gasteiger partial charge on any atom is 0.100 e. The van der Waals surface area contributed by atoms with E-state index in [4.69, 9.17) is 10.4 Å². The minimum Gasteiger partial charge on any atom is -0.396 e. The molecular weight excluding hydrogens is 204 g/mol. The second-order valence-corrected chi connectivity index (χ2v) is 4.34. The quantitative estimate of drug-likeness (QED) is 0.808. The summed E-state index contributed by atoms with van der Waals surface area (Å²) in [7, 11) is 0. The first-order valence-electron chi connectivity index (χ1n) is 5.69. The average Bonchev–Trinajstić information content (AvgIpc) is 3.01. The number of hydrogen-bond acceptors (Lipinski definition) is 4. The molecule has 86 valence electrons. The van der Waals surface area contributed by atoms with Crippen molar-refractivity contribution in [3.05, 3.63) is 11.4 Å². The summed E-state index contributed by atoms with van der Waals surface area (Å²) in [6.07, 6.45) is 3.34. The molecule has 1 N–H and O–H groups in total. The molecule has 1 saturated carbocycles. The third-order valence-electron chi connectivity index (χ3n) is 2.98. The van der Waals surface area contributed by atoms with Gasteiger partial charge in [-0.2, -0.15) is 5.26 Å². The molecule has 1 aliphatic rings. The smallest absolute Gasteiger partial charge is 0.100 e. The van der Waals surface area contributed by atoms with Gasteiger partial charge < -0.3 is 5.11 Å². The van der Waals surface area contributed by atoms with Crippen LogP contribution in [0.4, 0.5) is 0 Å². The van der Waals surface area contributed by atoms with Crippen LogP contribution in [0.5, 0.6) is 0 Å². The van der Waals surface area contributed by atoms with E-state index in [0.717, 1.165) is 24.2 Å². The second-order valence-electron chi connectivity index (χ2n) is 4.34. The summed E-state index contributed by atoms with van der Waals surface area (Å²) in [5.41, 5.74) is 1.93. The van der Waals surface area contributed by atoms with Crippen LogP contribution in [0.3, 0.4) is 0 Å². The monoisotopic (exact) mass is 220 g/mol. The second kappa shape index (κ2) is 4.62. The largest absolute Gasteiger partial charge is 0.396 e. The first-order chi connectivity index (χ1) is 7.77. The summed E-state index contributed by atoms with van der Waals surface area (Å²) in [5, 5.41) is 25.9. The van der Waals surface area contributed by atoms with Crippen molar-refractivity contribution in [3.8, 4) is 6.07 Å². The van der Waals surface area contributed by atoms with E-state index in [1.54, 1.807) is 0 Å². The summed E-state index contributed by atoms with van der Waals surface area (Å²) in [4.78, 5) is 0. The number of aliphatic hydroxyl groups excluding tert-OH is 1. The fourth-order valence-electron chi connectivity index (χ4n) is 1.95. The van der Waals surface area contributed by atoms with Crippen molar-refractivity contribution in [1.82, 2.24) is 15.0 Å². The van der Waals surface area contributed by atoms with Crippen molar-refractivity contribution in [2.24, 2.45) is 0 Å². The van der Waals surface area contributed by atoms with Gasteiger partial charge in [0.1, 0.15) is 5.69 Å². The number of aliphatic hydroxyl groups is 1. The standard InChI is InChI=1S/C11H16N4O/c1-8(5-7-16)15-11(9-2-3-9)10(4-6-12)13-14-15/h8-9,16H,2-5,7H2,1H3. The van der Waals surface area contributed by atoms with Crippen LogP contribution >= 0.6 is 0 Å². The Hall–Kier alpha value is -1.41. The first kappa shape index (κ1) is 11.1. The van der Waals surface area contributed by atoms with Crippen LogP contribution < -0.4 is 0 Å². The molecule has 0 bridgehead atoms. The summed E-state index contributed by atoms with van der Waals surface area (Å²) in [6, 6.07) is 2.28. The molecule has 1 aromatic heterocycles. The zero-order chi connectivity index (χ0) is 11.5. The highest BCUT2D eigenvalue weighted by Crippen LogP contribution is 2.42. The lowest BCUT2D eigenvalue weighted by Gasteiger charge is -2.13. The highest BCUT2D eigenvalue weighted by molar-refractivity contribution is 5.23. The molecule has 1 aliphatic carbocycles. The van der Waals surface area contributed by atoms with E-state index in [9.17, 15) is 0 Å². The molecule has 1 fully saturated rings. The molecule has 0 aliphatic heterocycles. The highest BCUT2D eigenvalue weighted by atomic mass is 16.3. The van der Waals surface area contributed by atoms with Crippen molar-refractivity contribution in [1.29, 1.82) is 5.26 Å². The van der Waals surface area contributed by atoms with Crippen LogP contribution in [0, 0.1) is 11.3 Å². The summed E-state index contributed by atoms with van der Waals surface area (Å²) >= 11 is 0. The average molecular weight is 220 g/mol. The molecule has 1 aromatic rings. The maximum atomic E-state index is 8.94. The Labute approximate surface area is 94.7 Å². The van der Waals surface area contributed by atoms with Crippen LogP contribution in [0.2, 0.25) is 0 Å². The zero-order valence-electron chi connectivity index (χ0n) is 9.43. The van der Waals surface area contributed by atoms with Crippen molar-refractivity contribution < 1.29 is 5.11 Å². The van der Waals surface area contributed by atoms with Crippen molar-refractivity contribution in [2.75, 3.05) is 6.61 Å². The molecule has 5 heteroatoms. The van der Waals surface area contributed by atoms with Crippen LogP contribution in [0.1, 0.15) is 49.5 Å². The van der Waals surface area contributed by atoms with E-state index in [0.29, 0.717) is 18.8 Å². The van der Waals surface area contributed by atoms with Gasteiger partial charge in [0.25, 0.3) is 0 Å². The molecule has 5 nitrogen and oxygen atoms in total. The molecule has 0 saturated heterocycles. The zero-order valence-corrected chi connectivity index (χ0v) is 9.43. The topological polar surface area (TPSA) is 74.7 Å². The molecule has 0 spiro atoms. The maximum absolute atomic E-state index is 8.94. The third-order valence-corrected chi connectivity index (χ3v) is 2.98. The number of hydrogen-bond donors (Lipinski definition) is 1. The predicted octanol–water partition coefficient (Wildman–Crippen LogP) is 1.16. The van der Waals surface area contributed by atoms with Gasteiger partial charge in [-0.1, -0.05) is 5.21 Å². The Morgan fingerprint density at radius 2 is 2.38 bits per heavy atom. The first-order valence-corrected chi connectivity index (χ1v) is 5.69. The highest BCUT2D eigenvalue weighted by Gasteiger charge is 2.32. The van der Waals surface area contributed by atoms with Crippen molar-refractivity contribution in [2.45, 2.75) is 44.6 Å². The van der Waals surface area contributed by atoms with E-state index >= 15 is 0 Å². The molecule has 16 heavy (non-hydrogen) atoms. The van der Waals surface area contributed by atoms with Crippen LogP contribution in [0.25, 0.3) is 0 Å². The Balaban J connectivity index is 2.27. The number of aromatic nitrogens is 3. The lowest BCUT2D eigenvalue weighted by Crippen LogP contribution is -2.12.